The molecule has 0 fully saturated rings. The molecule has 4 rings (SSSR count). The van der Waals surface area contributed by atoms with Crippen molar-refractivity contribution in [3.63, 3.8) is 0 Å². The number of aliphatic hydroxyl groups excluding tert-OH is 1. The van der Waals surface area contributed by atoms with E-state index in [4.69, 9.17) is 16.3 Å². The average molecular weight is 493 g/mol. The van der Waals surface area contributed by atoms with Crippen LogP contribution in [0.15, 0.2) is 61.2 Å². The maximum atomic E-state index is 12.7. The molecule has 2 atom stereocenters. The number of carbonyl (C=O) groups excluding carboxylic acids is 1. The lowest BCUT2D eigenvalue weighted by Gasteiger charge is -2.29. The maximum Gasteiger partial charge on any atom is 0.433 e. The van der Waals surface area contributed by atoms with Gasteiger partial charge in [0, 0.05) is 28.9 Å². The van der Waals surface area contributed by atoms with Crippen molar-refractivity contribution < 1.29 is 27.8 Å². The Kier molecular flexibility index (Phi) is 6.63. The molecule has 11 heteroatoms. The van der Waals surface area contributed by atoms with E-state index in [1.165, 1.54) is 10.7 Å². The monoisotopic (exact) mass is 492 g/mol. The summed E-state index contributed by atoms with van der Waals surface area (Å²) in [5.41, 5.74) is 1.20. The van der Waals surface area contributed by atoms with Gasteiger partial charge in [0.05, 0.1) is 24.2 Å². The zero-order valence-electron chi connectivity index (χ0n) is 17.7. The van der Waals surface area contributed by atoms with Gasteiger partial charge < -0.3 is 15.2 Å². The molecule has 3 heterocycles. The summed E-state index contributed by atoms with van der Waals surface area (Å²) in [6, 6.07) is 7.02. The van der Waals surface area contributed by atoms with Crippen molar-refractivity contribution in [2.45, 2.75) is 37.6 Å². The number of hydrogen-bond acceptors (Lipinski definition) is 5. The number of allylic oxidation sites excluding steroid dienone is 1. The molecule has 1 amide bonds. The molecule has 1 aliphatic rings. The molecule has 0 radical (unpaired) electrons. The minimum absolute atomic E-state index is 0.0837. The highest BCUT2D eigenvalue weighted by molar-refractivity contribution is 6.30. The van der Waals surface area contributed by atoms with Crippen molar-refractivity contribution in [2.75, 3.05) is 0 Å². The molecule has 3 aromatic rings. The number of ether oxygens (including phenoxy) is 1. The van der Waals surface area contributed by atoms with Gasteiger partial charge in [-0.1, -0.05) is 18.2 Å². The van der Waals surface area contributed by atoms with Crippen LogP contribution >= 0.6 is 11.6 Å². The minimum atomic E-state index is -4.50. The Labute approximate surface area is 197 Å². The number of aryl methyl sites for hydroxylation is 1. The van der Waals surface area contributed by atoms with Crippen molar-refractivity contribution in [3.05, 3.63) is 83.0 Å². The lowest BCUT2D eigenvalue weighted by Crippen LogP contribution is -2.41. The molecule has 2 aromatic heterocycles. The van der Waals surface area contributed by atoms with Crippen molar-refractivity contribution in [2.24, 2.45) is 0 Å². The van der Waals surface area contributed by atoms with Gasteiger partial charge in [0.25, 0.3) is 5.91 Å². The van der Waals surface area contributed by atoms with Gasteiger partial charge in [-0.15, -0.1) is 0 Å². The Morgan fingerprint density at radius 2 is 2.09 bits per heavy atom. The molecule has 1 aliphatic heterocycles. The van der Waals surface area contributed by atoms with E-state index in [0.29, 0.717) is 40.6 Å². The third kappa shape index (κ3) is 5.40. The summed E-state index contributed by atoms with van der Waals surface area (Å²) in [6.45, 7) is 3.87. The summed E-state index contributed by atoms with van der Waals surface area (Å²) < 4.78 is 45.1. The SMILES string of the molecule is C=C(CCc1cnn(-c2ccc(C(F)(F)F)nc2)c1)NC(=O)[C@@H]1C[C@@H](O)c2cc(Cl)ccc2O1. The lowest BCUT2D eigenvalue weighted by molar-refractivity contribution is -0.141. The molecule has 2 N–H and O–H groups in total. The number of rotatable bonds is 6. The summed E-state index contributed by atoms with van der Waals surface area (Å²) in [6.07, 6.45) is -0.933. The number of nitrogens with one attached hydrogen (secondary N) is 1. The number of amides is 1. The molecule has 0 saturated heterocycles. The van der Waals surface area contributed by atoms with E-state index in [1.807, 2.05) is 0 Å². The number of fused-ring (bicyclic) bond motifs is 1. The zero-order valence-corrected chi connectivity index (χ0v) is 18.5. The van der Waals surface area contributed by atoms with E-state index < -0.39 is 30.0 Å². The molecule has 0 bridgehead atoms. The Balaban J connectivity index is 1.30. The quantitative estimate of drug-likeness (QED) is 0.533. The van der Waals surface area contributed by atoms with Crippen molar-refractivity contribution in [1.82, 2.24) is 20.1 Å². The first-order valence-electron chi connectivity index (χ1n) is 10.3. The molecule has 178 valence electrons. The number of halogens is 4. The Morgan fingerprint density at radius 1 is 1.29 bits per heavy atom. The largest absolute Gasteiger partial charge is 0.480 e. The van der Waals surface area contributed by atoms with Gasteiger partial charge in [-0.2, -0.15) is 18.3 Å². The molecule has 0 spiro atoms. The van der Waals surface area contributed by atoms with E-state index in [-0.39, 0.29) is 6.42 Å². The molecular formula is C23H20ClF3N4O3. The van der Waals surface area contributed by atoms with Crippen LogP contribution in [0, 0.1) is 0 Å². The first-order valence-corrected chi connectivity index (χ1v) is 10.7. The van der Waals surface area contributed by atoms with Crippen LogP contribution in [-0.2, 0) is 17.4 Å². The summed E-state index contributed by atoms with van der Waals surface area (Å²) in [5.74, 6) is -0.0183. The van der Waals surface area contributed by atoms with E-state index >= 15 is 0 Å². The number of aliphatic hydroxyl groups is 1. The van der Waals surface area contributed by atoms with Gasteiger partial charge in [-0.3, -0.25) is 4.79 Å². The van der Waals surface area contributed by atoms with Gasteiger partial charge in [0.15, 0.2) is 6.10 Å². The number of aromatic nitrogens is 3. The Morgan fingerprint density at radius 3 is 2.79 bits per heavy atom. The van der Waals surface area contributed by atoms with Gasteiger partial charge in [-0.05, 0) is 48.7 Å². The fourth-order valence-corrected chi connectivity index (χ4v) is 3.69. The number of nitrogens with zero attached hydrogens (tertiary/aromatic N) is 3. The number of benzene rings is 1. The highest BCUT2D eigenvalue weighted by Crippen LogP contribution is 2.36. The highest BCUT2D eigenvalue weighted by Gasteiger charge is 2.33. The molecule has 1 aromatic carbocycles. The van der Waals surface area contributed by atoms with E-state index in [9.17, 15) is 23.1 Å². The van der Waals surface area contributed by atoms with Gasteiger partial charge >= 0.3 is 6.18 Å². The maximum absolute atomic E-state index is 12.7. The number of carbonyl (C=O) groups is 1. The topological polar surface area (TPSA) is 89.3 Å². The molecule has 0 unspecified atom stereocenters. The highest BCUT2D eigenvalue weighted by atomic mass is 35.5. The minimum Gasteiger partial charge on any atom is -0.480 e. The van der Waals surface area contributed by atoms with Crippen LogP contribution in [0.2, 0.25) is 5.02 Å². The Bertz CT molecular complexity index is 1210. The van der Waals surface area contributed by atoms with Gasteiger partial charge in [-0.25, -0.2) is 9.67 Å². The normalized spacial score (nSPS) is 17.6. The summed E-state index contributed by atoms with van der Waals surface area (Å²) in [7, 11) is 0. The lowest BCUT2D eigenvalue weighted by atomic mass is 9.98. The number of pyridine rings is 1. The average Bonchev–Trinajstić information content (AvgIpc) is 3.26. The molecular weight excluding hydrogens is 473 g/mol. The smallest absolute Gasteiger partial charge is 0.433 e. The third-order valence-corrected chi connectivity index (χ3v) is 5.52. The van der Waals surface area contributed by atoms with Crippen LogP contribution in [0.3, 0.4) is 0 Å². The van der Waals surface area contributed by atoms with Gasteiger partial charge in [0.1, 0.15) is 11.4 Å². The fraction of sp³-hybridized carbons (Fsp3) is 0.261. The van der Waals surface area contributed by atoms with Crippen LogP contribution in [0.4, 0.5) is 13.2 Å². The van der Waals surface area contributed by atoms with Crippen molar-refractivity contribution >= 4 is 17.5 Å². The van der Waals surface area contributed by atoms with Crippen molar-refractivity contribution in [3.8, 4) is 11.4 Å². The standard InChI is InChI=1S/C23H20ClF3N4O3/c1-13(30-22(33)20-9-18(32)17-8-15(24)4-6-19(17)34-20)2-3-14-10-29-31(12-14)16-5-7-21(28-11-16)23(25,26)27/h4-8,10-12,18,20,32H,1-3,9H2,(H,30,33)/t18-,20+/m1/s1. The van der Waals surface area contributed by atoms with Crippen LogP contribution in [0.5, 0.6) is 5.75 Å². The second-order valence-corrected chi connectivity index (χ2v) is 8.26. The first-order chi connectivity index (χ1) is 16.1. The first kappa shape index (κ1) is 23.8. The summed E-state index contributed by atoms with van der Waals surface area (Å²) >= 11 is 5.95. The van der Waals surface area contributed by atoms with E-state index in [1.54, 1.807) is 30.6 Å². The van der Waals surface area contributed by atoms with E-state index in [0.717, 1.165) is 17.8 Å². The summed E-state index contributed by atoms with van der Waals surface area (Å²) in [5, 5.41) is 17.6. The molecule has 7 nitrogen and oxygen atoms in total. The third-order valence-electron chi connectivity index (χ3n) is 5.28. The predicted molar refractivity (Wildman–Crippen MR) is 117 cm³/mol. The van der Waals surface area contributed by atoms with Gasteiger partial charge in [0.2, 0.25) is 0 Å². The zero-order chi connectivity index (χ0) is 24.5. The molecule has 0 saturated carbocycles. The second kappa shape index (κ2) is 9.47. The molecule has 0 aliphatic carbocycles. The van der Waals surface area contributed by atoms with Crippen LogP contribution in [0.1, 0.15) is 35.8 Å². The predicted octanol–water partition coefficient (Wildman–Crippen LogP) is 4.39. The van der Waals surface area contributed by atoms with Crippen LogP contribution < -0.4 is 10.1 Å². The second-order valence-electron chi connectivity index (χ2n) is 7.83. The number of hydrogen-bond donors (Lipinski definition) is 2. The number of alkyl halides is 3. The van der Waals surface area contributed by atoms with Crippen LogP contribution in [0.25, 0.3) is 5.69 Å². The fourth-order valence-electron chi connectivity index (χ4n) is 3.51. The van der Waals surface area contributed by atoms with Crippen LogP contribution in [-0.4, -0.2) is 31.9 Å². The summed E-state index contributed by atoms with van der Waals surface area (Å²) in [4.78, 5) is 16.0. The molecule has 34 heavy (non-hydrogen) atoms. The van der Waals surface area contributed by atoms with E-state index in [2.05, 4.69) is 22.0 Å². The van der Waals surface area contributed by atoms with Crippen molar-refractivity contribution in [1.29, 1.82) is 0 Å². The Hall–Kier alpha value is -3.37.